The van der Waals surface area contributed by atoms with Crippen LogP contribution in [0.2, 0.25) is 0 Å². The number of amides is 2. The molecule has 24 heavy (non-hydrogen) atoms. The van der Waals surface area contributed by atoms with Gasteiger partial charge in [-0.2, -0.15) is 0 Å². The smallest absolute Gasteiger partial charge is 0.322 e. The van der Waals surface area contributed by atoms with Gasteiger partial charge in [0.2, 0.25) is 0 Å². The molecule has 2 heterocycles. The van der Waals surface area contributed by atoms with Crippen molar-refractivity contribution < 1.29 is 14.3 Å². The fourth-order valence-electron chi connectivity index (χ4n) is 4.13. The van der Waals surface area contributed by atoms with Crippen molar-refractivity contribution in [1.82, 2.24) is 4.90 Å². The summed E-state index contributed by atoms with van der Waals surface area (Å²) < 4.78 is 10.6. The van der Waals surface area contributed by atoms with Gasteiger partial charge in [0.1, 0.15) is 11.5 Å². The van der Waals surface area contributed by atoms with Crippen LogP contribution in [0.1, 0.15) is 38.5 Å². The number of nitrogens with one attached hydrogen (secondary N) is 1. The first-order valence-electron chi connectivity index (χ1n) is 8.70. The second kappa shape index (κ2) is 6.04. The summed E-state index contributed by atoms with van der Waals surface area (Å²) in [5.41, 5.74) is 3.98. The van der Waals surface area contributed by atoms with Crippen molar-refractivity contribution in [1.29, 1.82) is 0 Å². The molecule has 1 aliphatic carbocycles. The number of piperidine rings is 1. The van der Waals surface area contributed by atoms with E-state index in [1.807, 2.05) is 12.1 Å². The fraction of sp³-hybridized carbons (Fsp3) is 0.526. The molecule has 2 amide bonds. The average molecular weight is 328 g/mol. The molecule has 0 spiro atoms. The van der Waals surface area contributed by atoms with E-state index < -0.39 is 0 Å². The predicted octanol–water partition coefficient (Wildman–Crippen LogP) is 3.95. The van der Waals surface area contributed by atoms with Crippen LogP contribution in [-0.4, -0.2) is 37.2 Å². The van der Waals surface area contributed by atoms with Crippen LogP contribution in [0.25, 0.3) is 0 Å². The first-order valence-corrected chi connectivity index (χ1v) is 8.70. The third kappa shape index (κ3) is 2.72. The van der Waals surface area contributed by atoms with Gasteiger partial charge in [-0.15, -0.1) is 0 Å². The standard InChI is InChI=1S/C19H24N2O3/c1-23-16-7-8-17(18(11-16)24-2)20-19(22)21-14-5-6-15(21)10-13(9-14)12-3-4-12/h7-8,11,14-15H,3-6,9-10H2,1-2H3,(H,20,22). The fourth-order valence-corrected chi connectivity index (χ4v) is 4.13. The minimum Gasteiger partial charge on any atom is -0.497 e. The number of nitrogens with zero attached hydrogens (tertiary/aromatic N) is 1. The molecular formula is C19H24N2O3. The van der Waals surface area contributed by atoms with Gasteiger partial charge in [-0.1, -0.05) is 11.1 Å². The summed E-state index contributed by atoms with van der Waals surface area (Å²) >= 11 is 0. The number of methoxy groups -OCH3 is 2. The van der Waals surface area contributed by atoms with E-state index in [-0.39, 0.29) is 6.03 Å². The van der Waals surface area contributed by atoms with Gasteiger partial charge < -0.3 is 19.7 Å². The molecule has 2 unspecified atom stereocenters. The number of urea groups is 1. The molecule has 5 nitrogen and oxygen atoms in total. The zero-order valence-corrected chi connectivity index (χ0v) is 14.3. The van der Waals surface area contributed by atoms with Crippen molar-refractivity contribution in [3.63, 3.8) is 0 Å². The van der Waals surface area contributed by atoms with Crippen molar-refractivity contribution in [2.24, 2.45) is 0 Å². The number of carbonyl (C=O) groups is 1. The van der Waals surface area contributed by atoms with E-state index in [1.165, 1.54) is 12.8 Å². The average Bonchev–Trinajstić information content (AvgIpc) is 3.40. The van der Waals surface area contributed by atoms with E-state index in [1.54, 1.807) is 31.4 Å². The van der Waals surface area contributed by atoms with Crippen molar-refractivity contribution in [3.05, 3.63) is 29.3 Å². The summed E-state index contributed by atoms with van der Waals surface area (Å²) in [5.74, 6) is 1.33. The Morgan fingerprint density at radius 2 is 1.79 bits per heavy atom. The summed E-state index contributed by atoms with van der Waals surface area (Å²) in [7, 11) is 3.22. The Bertz CT molecular complexity index is 676. The molecule has 2 saturated heterocycles. The van der Waals surface area contributed by atoms with Crippen molar-refractivity contribution >= 4 is 11.7 Å². The minimum absolute atomic E-state index is 0.00851. The van der Waals surface area contributed by atoms with Gasteiger partial charge in [0.15, 0.2) is 0 Å². The van der Waals surface area contributed by atoms with E-state index in [0.717, 1.165) is 25.7 Å². The molecule has 3 fully saturated rings. The number of benzene rings is 1. The molecule has 0 radical (unpaired) electrons. The van der Waals surface area contributed by atoms with Crippen molar-refractivity contribution in [2.45, 2.75) is 50.6 Å². The third-order valence-electron chi connectivity index (χ3n) is 5.47. The van der Waals surface area contributed by atoms with Crippen LogP contribution in [0.15, 0.2) is 29.3 Å². The number of hydrogen-bond donors (Lipinski definition) is 1. The monoisotopic (exact) mass is 328 g/mol. The Labute approximate surface area is 142 Å². The lowest BCUT2D eigenvalue weighted by Crippen LogP contribution is -2.46. The van der Waals surface area contributed by atoms with Gasteiger partial charge in [-0.3, -0.25) is 0 Å². The number of carbonyl (C=O) groups excluding carboxylic acids is 1. The molecule has 2 atom stereocenters. The van der Waals surface area contributed by atoms with Crippen LogP contribution in [-0.2, 0) is 0 Å². The second-order valence-corrected chi connectivity index (χ2v) is 6.90. The minimum atomic E-state index is -0.00851. The lowest BCUT2D eigenvalue weighted by molar-refractivity contribution is 0.173. The van der Waals surface area contributed by atoms with Gasteiger partial charge in [0.05, 0.1) is 19.9 Å². The number of ether oxygens (including phenoxy) is 2. The van der Waals surface area contributed by atoms with Crippen LogP contribution in [0.3, 0.4) is 0 Å². The molecule has 2 aliphatic heterocycles. The molecule has 1 aromatic rings. The van der Waals surface area contributed by atoms with Gasteiger partial charge in [0, 0.05) is 18.2 Å². The van der Waals surface area contributed by atoms with E-state index in [4.69, 9.17) is 9.47 Å². The highest BCUT2D eigenvalue weighted by atomic mass is 16.5. The summed E-state index contributed by atoms with van der Waals surface area (Å²) in [6, 6.07) is 6.16. The molecule has 1 N–H and O–H groups in total. The maximum Gasteiger partial charge on any atom is 0.322 e. The molecule has 1 saturated carbocycles. The zero-order chi connectivity index (χ0) is 16.7. The Balaban J connectivity index is 1.50. The lowest BCUT2D eigenvalue weighted by atomic mass is 9.96. The van der Waals surface area contributed by atoms with E-state index in [0.29, 0.717) is 29.3 Å². The Hall–Kier alpha value is -2.17. The molecule has 128 valence electrons. The lowest BCUT2D eigenvalue weighted by Gasteiger charge is -2.36. The van der Waals surface area contributed by atoms with Crippen LogP contribution < -0.4 is 14.8 Å². The summed E-state index contributed by atoms with van der Waals surface area (Å²) in [5, 5.41) is 3.03. The van der Waals surface area contributed by atoms with Crippen LogP contribution >= 0.6 is 0 Å². The maximum absolute atomic E-state index is 12.9. The predicted molar refractivity (Wildman–Crippen MR) is 92.7 cm³/mol. The highest BCUT2D eigenvalue weighted by Gasteiger charge is 2.42. The Morgan fingerprint density at radius 1 is 1.08 bits per heavy atom. The largest absolute Gasteiger partial charge is 0.497 e. The summed E-state index contributed by atoms with van der Waals surface area (Å²) in [6.07, 6.45) is 6.94. The topological polar surface area (TPSA) is 50.8 Å². The van der Waals surface area contributed by atoms with Gasteiger partial charge >= 0.3 is 6.03 Å². The SMILES string of the molecule is COc1ccc(NC(=O)N2C3CCC2CC(=C2CC2)C3)c(OC)c1. The summed E-state index contributed by atoms with van der Waals surface area (Å²) in [4.78, 5) is 14.9. The Morgan fingerprint density at radius 3 is 2.38 bits per heavy atom. The van der Waals surface area contributed by atoms with Crippen molar-refractivity contribution in [2.75, 3.05) is 19.5 Å². The van der Waals surface area contributed by atoms with Crippen LogP contribution in [0, 0.1) is 0 Å². The molecule has 1 aromatic carbocycles. The number of hydrogen-bond acceptors (Lipinski definition) is 3. The molecule has 0 aromatic heterocycles. The highest BCUT2D eigenvalue weighted by molar-refractivity contribution is 5.92. The molecule has 3 aliphatic rings. The van der Waals surface area contributed by atoms with Crippen LogP contribution in [0.5, 0.6) is 11.5 Å². The normalized spacial score (nSPS) is 24.8. The second-order valence-electron chi connectivity index (χ2n) is 6.90. The van der Waals surface area contributed by atoms with Gasteiger partial charge in [-0.25, -0.2) is 4.79 Å². The summed E-state index contributed by atoms with van der Waals surface area (Å²) in [6.45, 7) is 0. The molecular weight excluding hydrogens is 304 g/mol. The quantitative estimate of drug-likeness (QED) is 0.855. The van der Waals surface area contributed by atoms with Crippen molar-refractivity contribution in [3.8, 4) is 11.5 Å². The molecule has 5 heteroatoms. The first-order chi connectivity index (χ1) is 11.7. The molecule has 4 rings (SSSR count). The first kappa shape index (κ1) is 15.4. The number of rotatable bonds is 3. The number of allylic oxidation sites excluding steroid dienone is 1. The molecule has 2 bridgehead atoms. The maximum atomic E-state index is 12.9. The van der Waals surface area contributed by atoms with E-state index in [9.17, 15) is 4.79 Å². The number of anilines is 1. The number of fused-ring (bicyclic) bond motifs is 2. The Kier molecular flexibility index (Phi) is 3.87. The van der Waals surface area contributed by atoms with Crippen LogP contribution in [0.4, 0.5) is 10.5 Å². The van der Waals surface area contributed by atoms with Gasteiger partial charge in [-0.05, 0) is 50.7 Å². The zero-order valence-electron chi connectivity index (χ0n) is 14.3. The third-order valence-corrected chi connectivity index (χ3v) is 5.47. The van der Waals surface area contributed by atoms with E-state index in [2.05, 4.69) is 10.2 Å². The van der Waals surface area contributed by atoms with Gasteiger partial charge in [0.25, 0.3) is 0 Å². The highest BCUT2D eigenvalue weighted by Crippen LogP contribution is 2.45. The van der Waals surface area contributed by atoms with E-state index >= 15 is 0 Å².